The quantitative estimate of drug-likeness (QED) is 0.618. The normalized spacial score (nSPS) is 32.7. The van der Waals surface area contributed by atoms with Crippen molar-refractivity contribution in [2.45, 2.75) is 53.1 Å². The van der Waals surface area contributed by atoms with Crippen molar-refractivity contribution < 1.29 is 5.11 Å². The summed E-state index contributed by atoms with van der Waals surface area (Å²) in [6, 6.07) is 0. The van der Waals surface area contributed by atoms with Crippen LogP contribution in [0.2, 0.25) is 0 Å². The highest BCUT2D eigenvalue weighted by atomic mass is 16.3. The Morgan fingerprint density at radius 1 is 1.38 bits per heavy atom. The van der Waals surface area contributed by atoms with Crippen LogP contribution in [-0.4, -0.2) is 11.2 Å². The van der Waals surface area contributed by atoms with E-state index in [1.807, 2.05) is 0 Å². The van der Waals surface area contributed by atoms with E-state index in [9.17, 15) is 5.11 Å². The zero-order chi connectivity index (χ0) is 10.1. The summed E-state index contributed by atoms with van der Waals surface area (Å²) < 4.78 is 0. The van der Waals surface area contributed by atoms with Crippen molar-refractivity contribution >= 4 is 0 Å². The van der Waals surface area contributed by atoms with E-state index in [-0.39, 0.29) is 11.5 Å². The lowest BCUT2D eigenvalue weighted by Crippen LogP contribution is -2.39. The molecule has 1 N–H and O–H groups in total. The molecule has 0 saturated heterocycles. The zero-order valence-corrected chi connectivity index (χ0v) is 9.30. The van der Waals surface area contributed by atoms with E-state index in [1.165, 1.54) is 12.0 Å². The Labute approximate surface area is 81.9 Å². The summed E-state index contributed by atoms with van der Waals surface area (Å²) in [5, 5.41) is 10.1. The summed E-state index contributed by atoms with van der Waals surface area (Å²) in [4.78, 5) is 0. The average Bonchev–Trinajstić information content (AvgIpc) is 1.98. The highest BCUT2D eigenvalue weighted by molar-refractivity contribution is 5.03. The fraction of sp³-hybridized carbons (Fsp3) is 0.833. The SMILES string of the molecule is CC(C)=CC1CCCC(C)(C)C1O. The van der Waals surface area contributed by atoms with Gasteiger partial charge in [0.1, 0.15) is 0 Å². The smallest absolute Gasteiger partial charge is 0.0653 e. The maximum atomic E-state index is 10.1. The molecule has 1 heteroatoms. The number of hydrogen-bond donors (Lipinski definition) is 1. The molecule has 0 bridgehead atoms. The van der Waals surface area contributed by atoms with E-state index in [0.717, 1.165) is 12.8 Å². The molecule has 0 aromatic carbocycles. The van der Waals surface area contributed by atoms with Crippen molar-refractivity contribution in [3.63, 3.8) is 0 Å². The van der Waals surface area contributed by atoms with E-state index in [4.69, 9.17) is 0 Å². The summed E-state index contributed by atoms with van der Waals surface area (Å²) in [6.45, 7) is 8.55. The molecule has 2 atom stereocenters. The third-order valence-electron chi connectivity index (χ3n) is 3.11. The van der Waals surface area contributed by atoms with Crippen LogP contribution in [0.3, 0.4) is 0 Å². The fourth-order valence-corrected chi connectivity index (χ4v) is 2.28. The second kappa shape index (κ2) is 3.83. The number of allylic oxidation sites excluding steroid dienone is 1. The van der Waals surface area contributed by atoms with Crippen molar-refractivity contribution in [1.29, 1.82) is 0 Å². The third-order valence-corrected chi connectivity index (χ3v) is 3.11. The Bertz CT molecular complexity index is 199. The first-order valence-corrected chi connectivity index (χ1v) is 5.26. The zero-order valence-electron chi connectivity index (χ0n) is 9.30. The number of hydrogen-bond acceptors (Lipinski definition) is 1. The Kier molecular flexibility index (Phi) is 3.18. The van der Waals surface area contributed by atoms with Crippen LogP contribution in [0.5, 0.6) is 0 Å². The molecule has 2 unspecified atom stereocenters. The Balaban J connectivity index is 2.71. The van der Waals surface area contributed by atoms with Gasteiger partial charge in [-0.25, -0.2) is 0 Å². The third kappa shape index (κ3) is 2.57. The van der Waals surface area contributed by atoms with Crippen molar-refractivity contribution in [2.24, 2.45) is 11.3 Å². The summed E-state index contributed by atoms with van der Waals surface area (Å²) in [7, 11) is 0. The van der Waals surface area contributed by atoms with Gasteiger partial charge in [0.25, 0.3) is 0 Å². The van der Waals surface area contributed by atoms with Gasteiger partial charge in [-0.05, 0) is 32.1 Å². The van der Waals surface area contributed by atoms with Gasteiger partial charge in [0.15, 0.2) is 0 Å². The molecule has 1 aliphatic rings. The van der Waals surface area contributed by atoms with Gasteiger partial charge in [0.05, 0.1) is 6.10 Å². The Hall–Kier alpha value is -0.300. The first-order valence-electron chi connectivity index (χ1n) is 5.26. The second-order valence-electron chi connectivity index (χ2n) is 5.23. The molecule has 76 valence electrons. The molecule has 1 rings (SSSR count). The summed E-state index contributed by atoms with van der Waals surface area (Å²) >= 11 is 0. The van der Waals surface area contributed by atoms with Crippen molar-refractivity contribution in [3.05, 3.63) is 11.6 Å². The van der Waals surface area contributed by atoms with E-state index in [1.54, 1.807) is 0 Å². The first-order chi connectivity index (χ1) is 5.93. The number of aliphatic hydroxyl groups is 1. The molecule has 1 aliphatic carbocycles. The molecule has 0 aromatic heterocycles. The lowest BCUT2D eigenvalue weighted by atomic mass is 9.69. The molecule has 0 spiro atoms. The van der Waals surface area contributed by atoms with Crippen LogP contribution in [0.4, 0.5) is 0 Å². The van der Waals surface area contributed by atoms with Crippen LogP contribution < -0.4 is 0 Å². The Morgan fingerprint density at radius 3 is 2.54 bits per heavy atom. The lowest BCUT2D eigenvalue weighted by molar-refractivity contribution is -0.0157. The maximum Gasteiger partial charge on any atom is 0.0653 e. The van der Waals surface area contributed by atoms with Gasteiger partial charge in [-0.2, -0.15) is 0 Å². The summed E-state index contributed by atoms with van der Waals surface area (Å²) in [5.41, 5.74) is 1.43. The molecule has 0 heterocycles. The highest BCUT2D eigenvalue weighted by Crippen LogP contribution is 2.39. The van der Waals surface area contributed by atoms with Crippen molar-refractivity contribution in [3.8, 4) is 0 Å². The van der Waals surface area contributed by atoms with Crippen LogP contribution in [0, 0.1) is 11.3 Å². The predicted molar refractivity (Wildman–Crippen MR) is 56.6 cm³/mol. The van der Waals surface area contributed by atoms with Crippen molar-refractivity contribution in [2.75, 3.05) is 0 Å². The largest absolute Gasteiger partial charge is 0.392 e. The van der Waals surface area contributed by atoms with Crippen molar-refractivity contribution in [1.82, 2.24) is 0 Å². The van der Waals surface area contributed by atoms with Gasteiger partial charge in [0.2, 0.25) is 0 Å². The van der Waals surface area contributed by atoms with Gasteiger partial charge in [-0.1, -0.05) is 31.9 Å². The van der Waals surface area contributed by atoms with Gasteiger partial charge in [-0.15, -0.1) is 0 Å². The summed E-state index contributed by atoms with van der Waals surface area (Å²) in [6.07, 6.45) is 5.62. The topological polar surface area (TPSA) is 20.2 Å². The van der Waals surface area contributed by atoms with Crippen LogP contribution in [0.25, 0.3) is 0 Å². The van der Waals surface area contributed by atoms with Gasteiger partial charge < -0.3 is 5.11 Å². The fourth-order valence-electron chi connectivity index (χ4n) is 2.28. The summed E-state index contributed by atoms with van der Waals surface area (Å²) in [5.74, 6) is 0.383. The molecule has 0 aliphatic heterocycles. The average molecular weight is 182 g/mol. The van der Waals surface area contributed by atoms with Gasteiger partial charge >= 0.3 is 0 Å². The lowest BCUT2D eigenvalue weighted by Gasteiger charge is -2.39. The molecule has 1 nitrogen and oxygen atoms in total. The second-order valence-corrected chi connectivity index (χ2v) is 5.23. The number of aliphatic hydroxyl groups excluding tert-OH is 1. The van der Waals surface area contributed by atoms with Gasteiger partial charge in [-0.3, -0.25) is 0 Å². The molecule has 0 aromatic rings. The molecular formula is C12H22O. The van der Waals surface area contributed by atoms with E-state index in [0.29, 0.717) is 5.92 Å². The van der Waals surface area contributed by atoms with Crippen LogP contribution in [0.1, 0.15) is 47.0 Å². The van der Waals surface area contributed by atoms with Gasteiger partial charge in [0, 0.05) is 5.92 Å². The molecule has 0 amide bonds. The van der Waals surface area contributed by atoms with E-state index >= 15 is 0 Å². The van der Waals surface area contributed by atoms with Crippen LogP contribution in [-0.2, 0) is 0 Å². The molecular weight excluding hydrogens is 160 g/mol. The first kappa shape index (κ1) is 10.8. The Morgan fingerprint density at radius 2 is 2.00 bits per heavy atom. The molecule has 0 radical (unpaired) electrons. The van der Waals surface area contributed by atoms with Crippen LogP contribution in [0.15, 0.2) is 11.6 Å². The standard InChI is InChI=1S/C12H22O/c1-9(2)8-10-6-5-7-12(3,4)11(10)13/h8,10-11,13H,5-7H2,1-4H3. The van der Waals surface area contributed by atoms with E-state index < -0.39 is 0 Å². The highest BCUT2D eigenvalue weighted by Gasteiger charge is 2.36. The van der Waals surface area contributed by atoms with Crippen LogP contribution >= 0.6 is 0 Å². The predicted octanol–water partition coefficient (Wildman–Crippen LogP) is 3.14. The minimum absolute atomic E-state index is 0.106. The molecule has 1 saturated carbocycles. The minimum Gasteiger partial charge on any atom is -0.392 e. The molecule has 13 heavy (non-hydrogen) atoms. The minimum atomic E-state index is -0.156. The maximum absolute atomic E-state index is 10.1. The number of rotatable bonds is 1. The van der Waals surface area contributed by atoms with E-state index in [2.05, 4.69) is 33.8 Å². The monoisotopic (exact) mass is 182 g/mol. The molecule has 1 fully saturated rings.